The molecular weight excluding hydrogens is 258 g/mol. The van der Waals surface area contributed by atoms with Crippen LogP contribution in [-0.2, 0) is 6.61 Å². The molecule has 0 fully saturated rings. The summed E-state index contributed by atoms with van der Waals surface area (Å²) in [4.78, 5) is 10.2. The zero-order valence-corrected chi connectivity index (χ0v) is 11.1. The SMILES string of the molecule is CCOc1ccc(COc2cccc([N+](=O)[O-])c2)cc1. The number of nitro benzene ring substituents is 1. The normalized spacial score (nSPS) is 10.1. The predicted octanol–water partition coefficient (Wildman–Crippen LogP) is 3.57. The van der Waals surface area contributed by atoms with Crippen molar-refractivity contribution in [2.45, 2.75) is 13.5 Å². The predicted molar refractivity (Wildman–Crippen MR) is 75.0 cm³/mol. The van der Waals surface area contributed by atoms with Crippen molar-refractivity contribution in [1.29, 1.82) is 0 Å². The molecule has 5 nitrogen and oxygen atoms in total. The minimum Gasteiger partial charge on any atom is -0.494 e. The number of benzene rings is 2. The number of rotatable bonds is 6. The van der Waals surface area contributed by atoms with E-state index in [1.165, 1.54) is 12.1 Å². The topological polar surface area (TPSA) is 61.6 Å². The van der Waals surface area contributed by atoms with Gasteiger partial charge in [-0.3, -0.25) is 10.1 Å². The monoisotopic (exact) mass is 273 g/mol. The molecule has 0 saturated carbocycles. The van der Waals surface area contributed by atoms with Crippen LogP contribution in [-0.4, -0.2) is 11.5 Å². The van der Waals surface area contributed by atoms with Gasteiger partial charge in [-0.25, -0.2) is 0 Å². The largest absolute Gasteiger partial charge is 0.494 e. The highest BCUT2D eigenvalue weighted by atomic mass is 16.6. The van der Waals surface area contributed by atoms with Gasteiger partial charge in [-0.15, -0.1) is 0 Å². The molecule has 0 atom stereocenters. The van der Waals surface area contributed by atoms with Gasteiger partial charge in [-0.2, -0.15) is 0 Å². The Bertz CT molecular complexity index is 581. The zero-order valence-electron chi connectivity index (χ0n) is 11.1. The van der Waals surface area contributed by atoms with E-state index in [1.54, 1.807) is 12.1 Å². The highest BCUT2D eigenvalue weighted by Gasteiger charge is 2.06. The fraction of sp³-hybridized carbons (Fsp3) is 0.200. The van der Waals surface area contributed by atoms with Crippen LogP contribution >= 0.6 is 0 Å². The average molecular weight is 273 g/mol. The Kier molecular flexibility index (Phi) is 4.55. The van der Waals surface area contributed by atoms with Gasteiger partial charge >= 0.3 is 0 Å². The summed E-state index contributed by atoms with van der Waals surface area (Å²) in [7, 11) is 0. The Balaban J connectivity index is 1.97. The van der Waals surface area contributed by atoms with Crippen LogP contribution in [0, 0.1) is 10.1 Å². The lowest BCUT2D eigenvalue weighted by molar-refractivity contribution is -0.384. The lowest BCUT2D eigenvalue weighted by atomic mass is 10.2. The summed E-state index contributed by atoms with van der Waals surface area (Å²) in [5.41, 5.74) is 0.995. The number of hydrogen-bond acceptors (Lipinski definition) is 4. The van der Waals surface area contributed by atoms with E-state index in [-0.39, 0.29) is 5.69 Å². The Morgan fingerprint density at radius 2 is 1.80 bits per heavy atom. The molecule has 2 aromatic rings. The van der Waals surface area contributed by atoms with Crippen molar-refractivity contribution in [1.82, 2.24) is 0 Å². The van der Waals surface area contributed by atoms with E-state index in [4.69, 9.17) is 9.47 Å². The average Bonchev–Trinajstić information content (AvgIpc) is 2.47. The minimum atomic E-state index is -0.441. The molecule has 0 aliphatic heterocycles. The summed E-state index contributed by atoms with van der Waals surface area (Å²) in [5, 5.41) is 10.7. The molecule has 2 aromatic carbocycles. The van der Waals surface area contributed by atoms with Gasteiger partial charge in [0, 0.05) is 6.07 Å². The Morgan fingerprint density at radius 1 is 1.05 bits per heavy atom. The summed E-state index contributed by atoms with van der Waals surface area (Å²) < 4.78 is 10.9. The van der Waals surface area contributed by atoms with Gasteiger partial charge in [0.25, 0.3) is 5.69 Å². The van der Waals surface area contributed by atoms with E-state index in [2.05, 4.69) is 0 Å². The van der Waals surface area contributed by atoms with Gasteiger partial charge in [0.15, 0.2) is 0 Å². The summed E-state index contributed by atoms with van der Waals surface area (Å²) in [5.74, 6) is 1.29. The molecule has 104 valence electrons. The number of nitrogens with zero attached hydrogens (tertiary/aromatic N) is 1. The third-order valence-corrected chi connectivity index (χ3v) is 2.67. The fourth-order valence-electron chi connectivity index (χ4n) is 1.70. The highest BCUT2D eigenvalue weighted by Crippen LogP contribution is 2.20. The van der Waals surface area contributed by atoms with Crippen LogP contribution in [0.2, 0.25) is 0 Å². The summed E-state index contributed by atoms with van der Waals surface area (Å²) in [6.45, 7) is 2.91. The molecule has 0 aliphatic rings. The molecule has 0 radical (unpaired) electrons. The van der Waals surface area contributed by atoms with Crippen LogP contribution in [0.3, 0.4) is 0 Å². The molecule has 0 unspecified atom stereocenters. The van der Waals surface area contributed by atoms with E-state index < -0.39 is 4.92 Å². The maximum Gasteiger partial charge on any atom is 0.273 e. The van der Waals surface area contributed by atoms with Crippen molar-refractivity contribution in [3.63, 3.8) is 0 Å². The van der Waals surface area contributed by atoms with Crippen LogP contribution in [0.1, 0.15) is 12.5 Å². The van der Waals surface area contributed by atoms with Crippen molar-refractivity contribution >= 4 is 5.69 Å². The van der Waals surface area contributed by atoms with E-state index in [1.807, 2.05) is 31.2 Å². The number of ether oxygens (including phenoxy) is 2. The number of non-ortho nitro benzene ring substituents is 1. The van der Waals surface area contributed by atoms with Gasteiger partial charge in [0.2, 0.25) is 0 Å². The van der Waals surface area contributed by atoms with E-state index in [0.29, 0.717) is 19.0 Å². The molecule has 20 heavy (non-hydrogen) atoms. The number of nitro groups is 1. The molecular formula is C15H15NO4. The second-order valence-corrected chi connectivity index (χ2v) is 4.12. The Hall–Kier alpha value is -2.56. The van der Waals surface area contributed by atoms with Gasteiger partial charge < -0.3 is 9.47 Å². The Labute approximate surface area is 116 Å². The smallest absolute Gasteiger partial charge is 0.273 e. The zero-order chi connectivity index (χ0) is 14.4. The van der Waals surface area contributed by atoms with Crippen molar-refractivity contribution in [2.24, 2.45) is 0 Å². The van der Waals surface area contributed by atoms with Gasteiger partial charge in [-0.05, 0) is 30.7 Å². The first kappa shape index (κ1) is 13.9. The molecule has 0 spiro atoms. The van der Waals surface area contributed by atoms with Crippen molar-refractivity contribution < 1.29 is 14.4 Å². The molecule has 0 aromatic heterocycles. The molecule has 0 saturated heterocycles. The van der Waals surface area contributed by atoms with E-state index in [0.717, 1.165) is 11.3 Å². The van der Waals surface area contributed by atoms with Crippen LogP contribution in [0.25, 0.3) is 0 Å². The molecule has 2 rings (SSSR count). The third-order valence-electron chi connectivity index (χ3n) is 2.67. The molecule has 0 aliphatic carbocycles. The second-order valence-electron chi connectivity index (χ2n) is 4.12. The standard InChI is InChI=1S/C15H15NO4/c1-2-19-14-8-6-12(7-9-14)11-20-15-5-3-4-13(10-15)16(17)18/h3-10H,2,11H2,1H3. The van der Waals surface area contributed by atoms with Crippen molar-refractivity contribution in [3.05, 3.63) is 64.2 Å². The van der Waals surface area contributed by atoms with Gasteiger partial charge in [0.1, 0.15) is 18.1 Å². The lowest BCUT2D eigenvalue weighted by Crippen LogP contribution is -1.97. The van der Waals surface area contributed by atoms with Crippen LogP contribution < -0.4 is 9.47 Å². The maximum atomic E-state index is 10.7. The number of hydrogen-bond donors (Lipinski definition) is 0. The van der Waals surface area contributed by atoms with Crippen LogP contribution in [0.4, 0.5) is 5.69 Å². The molecule has 0 bridgehead atoms. The van der Waals surface area contributed by atoms with E-state index >= 15 is 0 Å². The van der Waals surface area contributed by atoms with Crippen molar-refractivity contribution in [3.8, 4) is 11.5 Å². The molecule has 0 heterocycles. The fourth-order valence-corrected chi connectivity index (χ4v) is 1.70. The summed E-state index contributed by atoms with van der Waals surface area (Å²) in [6.07, 6.45) is 0. The molecule has 0 amide bonds. The summed E-state index contributed by atoms with van der Waals surface area (Å²) in [6, 6.07) is 13.7. The lowest BCUT2D eigenvalue weighted by Gasteiger charge is -2.07. The van der Waals surface area contributed by atoms with Gasteiger partial charge in [-0.1, -0.05) is 18.2 Å². The first-order chi connectivity index (χ1) is 9.69. The first-order valence-electron chi connectivity index (χ1n) is 6.28. The van der Waals surface area contributed by atoms with E-state index in [9.17, 15) is 10.1 Å². The molecule has 0 N–H and O–H groups in total. The summed E-state index contributed by atoms with van der Waals surface area (Å²) >= 11 is 0. The Morgan fingerprint density at radius 3 is 2.45 bits per heavy atom. The highest BCUT2D eigenvalue weighted by molar-refractivity contribution is 5.38. The maximum absolute atomic E-state index is 10.7. The third kappa shape index (κ3) is 3.71. The minimum absolute atomic E-state index is 0.0224. The second kappa shape index (κ2) is 6.56. The van der Waals surface area contributed by atoms with Crippen LogP contribution in [0.15, 0.2) is 48.5 Å². The quantitative estimate of drug-likeness (QED) is 0.596. The first-order valence-corrected chi connectivity index (χ1v) is 6.28. The molecule has 5 heteroatoms. The van der Waals surface area contributed by atoms with Crippen molar-refractivity contribution in [2.75, 3.05) is 6.61 Å². The van der Waals surface area contributed by atoms with Gasteiger partial charge in [0.05, 0.1) is 17.6 Å². The van der Waals surface area contributed by atoms with Crippen LogP contribution in [0.5, 0.6) is 11.5 Å².